The Morgan fingerprint density at radius 2 is 1.50 bits per heavy atom. The molecule has 0 radical (unpaired) electrons. The fraction of sp³-hybridized carbons (Fsp3) is 0.355. The molecule has 214 valence electrons. The summed E-state index contributed by atoms with van der Waals surface area (Å²) >= 11 is 6.06. The van der Waals surface area contributed by atoms with Gasteiger partial charge in [-0.05, 0) is 102 Å². The zero-order valence-electron chi connectivity index (χ0n) is 24.2. The molecule has 0 aliphatic rings. The monoisotopic (exact) mass is 583 g/mol. The molecule has 2 amide bonds. The van der Waals surface area contributed by atoms with Crippen LogP contribution in [0.4, 0.5) is 5.69 Å². The molecule has 1 atom stereocenters. The minimum atomic E-state index is -4.11. The number of amides is 2. The summed E-state index contributed by atoms with van der Waals surface area (Å²) in [5.41, 5.74) is 3.42. The summed E-state index contributed by atoms with van der Waals surface area (Å²) in [7, 11) is -4.11. The Labute approximate surface area is 243 Å². The number of nitrogens with zero attached hydrogens (tertiary/aromatic N) is 2. The maximum absolute atomic E-state index is 14.0. The normalized spacial score (nSPS) is 12.5. The van der Waals surface area contributed by atoms with Gasteiger partial charge < -0.3 is 10.2 Å². The van der Waals surface area contributed by atoms with Gasteiger partial charge >= 0.3 is 0 Å². The second-order valence-electron chi connectivity index (χ2n) is 11.2. The Kier molecular flexibility index (Phi) is 9.69. The summed E-state index contributed by atoms with van der Waals surface area (Å²) in [5.74, 6) is -0.852. The van der Waals surface area contributed by atoms with Crippen LogP contribution in [0.15, 0.2) is 71.6 Å². The Balaban J connectivity index is 2.06. The number of aryl methyl sites for hydroxylation is 3. The molecule has 0 heterocycles. The lowest BCUT2D eigenvalue weighted by atomic mass is 10.1. The van der Waals surface area contributed by atoms with E-state index in [1.165, 1.54) is 17.0 Å². The lowest BCUT2D eigenvalue weighted by Crippen LogP contribution is -2.54. The molecule has 0 saturated carbocycles. The van der Waals surface area contributed by atoms with E-state index in [2.05, 4.69) is 5.32 Å². The zero-order chi connectivity index (χ0) is 29.8. The van der Waals surface area contributed by atoms with E-state index in [-0.39, 0.29) is 17.3 Å². The molecule has 1 N–H and O–H groups in total. The number of hydrogen-bond donors (Lipinski definition) is 1. The van der Waals surface area contributed by atoms with E-state index < -0.39 is 34.1 Å². The second kappa shape index (κ2) is 12.4. The van der Waals surface area contributed by atoms with Crippen molar-refractivity contribution in [3.05, 3.63) is 94.0 Å². The van der Waals surface area contributed by atoms with E-state index in [1.54, 1.807) is 55.5 Å². The minimum absolute atomic E-state index is 0.0758. The largest absolute Gasteiger partial charge is 0.350 e. The topological polar surface area (TPSA) is 86.8 Å². The third kappa shape index (κ3) is 7.86. The molecule has 9 heteroatoms. The number of sulfonamides is 1. The van der Waals surface area contributed by atoms with Crippen molar-refractivity contribution in [2.24, 2.45) is 0 Å². The van der Waals surface area contributed by atoms with Crippen LogP contribution in [0, 0.1) is 20.8 Å². The molecule has 0 saturated heterocycles. The number of anilines is 1. The van der Waals surface area contributed by atoms with Gasteiger partial charge in [0.15, 0.2) is 0 Å². The van der Waals surface area contributed by atoms with Crippen LogP contribution in [0.25, 0.3) is 0 Å². The molecular weight excluding hydrogens is 546 g/mol. The predicted octanol–water partition coefficient (Wildman–Crippen LogP) is 5.79. The highest BCUT2D eigenvalue weighted by Crippen LogP contribution is 2.27. The molecule has 0 aliphatic carbocycles. The van der Waals surface area contributed by atoms with E-state index in [0.717, 1.165) is 26.6 Å². The standard InChI is InChI=1S/C31H38ClN3O4S/c1-21-8-16-28(17-9-21)40(38,39)35(27-15-10-22(2)23(3)18-27)20-29(36)34(19-25-11-13-26(32)14-12-25)24(4)30(37)33-31(5,6)7/h8-18,24H,19-20H2,1-7H3,(H,33,37). The summed E-state index contributed by atoms with van der Waals surface area (Å²) in [4.78, 5) is 28.7. The van der Waals surface area contributed by atoms with Gasteiger partial charge in [0.25, 0.3) is 10.0 Å². The van der Waals surface area contributed by atoms with Crippen LogP contribution >= 0.6 is 11.6 Å². The minimum Gasteiger partial charge on any atom is -0.350 e. The van der Waals surface area contributed by atoms with Gasteiger partial charge in [-0.2, -0.15) is 0 Å². The van der Waals surface area contributed by atoms with Crippen LogP contribution in [0.1, 0.15) is 49.9 Å². The highest BCUT2D eigenvalue weighted by molar-refractivity contribution is 7.92. The number of rotatable bonds is 9. The van der Waals surface area contributed by atoms with Gasteiger partial charge in [0.2, 0.25) is 11.8 Å². The predicted molar refractivity (Wildman–Crippen MR) is 161 cm³/mol. The number of carbonyl (C=O) groups excluding carboxylic acids is 2. The van der Waals surface area contributed by atoms with Crippen molar-refractivity contribution in [3.8, 4) is 0 Å². The molecule has 3 rings (SSSR count). The third-order valence-electron chi connectivity index (χ3n) is 6.60. The molecule has 0 aliphatic heterocycles. The average molecular weight is 584 g/mol. The summed E-state index contributed by atoms with van der Waals surface area (Å²) in [6.45, 7) is 12.5. The summed E-state index contributed by atoms with van der Waals surface area (Å²) in [5, 5.41) is 3.47. The van der Waals surface area contributed by atoms with Crippen molar-refractivity contribution in [1.82, 2.24) is 10.2 Å². The number of hydrogen-bond acceptors (Lipinski definition) is 4. The Hall–Kier alpha value is -3.36. The van der Waals surface area contributed by atoms with Crippen molar-refractivity contribution in [2.45, 2.75) is 71.5 Å². The van der Waals surface area contributed by atoms with Crippen molar-refractivity contribution in [2.75, 3.05) is 10.8 Å². The molecule has 7 nitrogen and oxygen atoms in total. The lowest BCUT2D eigenvalue weighted by Gasteiger charge is -2.33. The van der Waals surface area contributed by atoms with Crippen LogP contribution in [0.5, 0.6) is 0 Å². The first-order valence-corrected chi connectivity index (χ1v) is 14.9. The van der Waals surface area contributed by atoms with E-state index >= 15 is 0 Å². The summed E-state index contributed by atoms with van der Waals surface area (Å²) < 4.78 is 29.0. The van der Waals surface area contributed by atoms with E-state index in [9.17, 15) is 18.0 Å². The van der Waals surface area contributed by atoms with Gasteiger partial charge in [0, 0.05) is 17.1 Å². The second-order valence-corrected chi connectivity index (χ2v) is 13.5. The molecule has 40 heavy (non-hydrogen) atoms. The molecule has 3 aromatic carbocycles. The zero-order valence-corrected chi connectivity index (χ0v) is 25.7. The van der Waals surface area contributed by atoms with Crippen molar-refractivity contribution < 1.29 is 18.0 Å². The third-order valence-corrected chi connectivity index (χ3v) is 8.64. The molecule has 3 aromatic rings. The van der Waals surface area contributed by atoms with Crippen LogP contribution in [0.3, 0.4) is 0 Å². The Bertz CT molecular complexity index is 1460. The smallest absolute Gasteiger partial charge is 0.264 e. The van der Waals surface area contributed by atoms with Crippen LogP contribution < -0.4 is 9.62 Å². The number of benzene rings is 3. The lowest BCUT2D eigenvalue weighted by molar-refractivity contribution is -0.140. The quantitative estimate of drug-likeness (QED) is 0.345. The van der Waals surface area contributed by atoms with Crippen LogP contribution in [-0.2, 0) is 26.2 Å². The molecule has 0 bridgehead atoms. The molecule has 1 unspecified atom stereocenters. The average Bonchev–Trinajstić information content (AvgIpc) is 2.87. The highest BCUT2D eigenvalue weighted by Gasteiger charge is 2.33. The first kappa shape index (κ1) is 31.2. The summed E-state index contributed by atoms with van der Waals surface area (Å²) in [6.07, 6.45) is 0. The first-order valence-electron chi connectivity index (χ1n) is 13.1. The van der Waals surface area contributed by atoms with Gasteiger partial charge in [0.05, 0.1) is 10.6 Å². The van der Waals surface area contributed by atoms with E-state index in [4.69, 9.17) is 11.6 Å². The number of halogens is 1. The first-order chi connectivity index (χ1) is 18.6. The number of carbonyl (C=O) groups is 2. The maximum atomic E-state index is 14.0. The van der Waals surface area contributed by atoms with Crippen molar-refractivity contribution in [1.29, 1.82) is 0 Å². The van der Waals surface area contributed by atoms with Crippen molar-refractivity contribution >= 4 is 39.1 Å². The highest BCUT2D eigenvalue weighted by atomic mass is 35.5. The van der Waals surface area contributed by atoms with Gasteiger partial charge in [0.1, 0.15) is 12.6 Å². The molecular formula is C31H38ClN3O4S. The maximum Gasteiger partial charge on any atom is 0.264 e. The fourth-order valence-electron chi connectivity index (χ4n) is 4.09. The number of nitrogens with one attached hydrogen (secondary N) is 1. The summed E-state index contributed by atoms with van der Waals surface area (Å²) in [6, 6.07) is 17.9. The van der Waals surface area contributed by atoms with Gasteiger partial charge in [-0.1, -0.05) is 47.5 Å². The van der Waals surface area contributed by atoms with E-state index in [0.29, 0.717) is 10.7 Å². The van der Waals surface area contributed by atoms with Gasteiger partial charge in [-0.3, -0.25) is 13.9 Å². The molecule has 0 fully saturated rings. The Morgan fingerprint density at radius 3 is 2.05 bits per heavy atom. The van der Waals surface area contributed by atoms with Crippen LogP contribution in [-0.4, -0.2) is 43.3 Å². The van der Waals surface area contributed by atoms with Crippen LogP contribution in [0.2, 0.25) is 5.02 Å². The SMILES string of the molecule is Cc1ccc(S(=O)(=O)N(CC(=O)N(Cc2ccc(Cl)cc2)C(C)C(=O)NC(C)(C)C)c2ccc(C)c(C)c2)cc1. The molecule has 0 spiro atoms. The van der Waals surface area contributed by atoms with Crippen molar-refractivity contribution in [3.63, 3.8) is 0 Å². The van der Waals surface area contributed by atoms with Gasteiger partial charge in [-0.25, -0.2) is 8.42 Å². The molecule has 0 aromatic heterocycles. The fourth-order valence-corrected chi connectivity index (χ4v) is 5.62. The Morgan fingerprint density at radius 1 is 0.900 bits per heavy atom. The van der Waals surface area contributed by atoms with E-state index in [1.807, 2.05) is 47.6 Å². The van der Waals surface area contributed by atoms with Gasteiger partial charge in [-0.15, -0.1) is 0 Å².